The van der Waals surface area contributed by atoms with E-state index < -0.39 is 11.6 Å². The van der Waals surface area contributed by atoms with Crippen LogP contribution in [0.4, 0.5) is 4.39 Å². The second-order valence-corrected chi connectivity index (χ2v) is 11.1. The van der Waals surface area contributed by atoms with Gasteiger partial charge in [-0.1, -0.05) is 76.6 Å². The van der Waals surface area contributed by atoms with Crippen molar-refractivity contribution < 1.29 is 23.8 Å². The van der Waals surface area contributed by atoms with Crippen LogP contribution in [0.15, 0.2) is 113 Å². The highest BCUT2D eigenvalue weighted by Crippen LogP contribution is 2.42. The monoisotopic (exact) mass is 645 g/mol. The lowest BCUT2D eigenvalue weighted by Gasteiger charge is -2.31. The Morgan fingerprint density at radius 3 is 2.42 bits per heavy atom. The van der Waals surface area contributed by atoms with E-state index in [0.29, 0.717) is 48.8 Å². The molecule has 0 saturated heterocycles. The molecule has 4 aromatic rings. The maximum atomic E-state index is 14.2. The van der Waals surface area contributed by atoms with Gasteiger partial charge in [-0.2, -0.15) is 0 Å². The Balaban J connectivity index is 1.46. The van der Waals surface area contributed by atoms with Crippen LogP contribution in [0.1, 0.15) is 34.8 Å². The van der Waals surface area contributed by atoms with Crippen LogP contribution in [0.5, 0.6) is 5.75 Å². The van der Waals surface area contributed by atoms with Crippen LogP contribution in [-0.2, 0) is 22.4 Å². The number of rotatable bonds is 13. The number of ether oxygens (including phenoxy) is 2. The minimum Gasteiger partial charge on any atom is -0.494 e. The van der Waals surface area contributed by atoms with E-state index in [1.54, 1.807) is 18.2 Å². The number of aliphatic hydroxyl groups excluding tert-OH is 1. The number of aliphatic hydroxyl groups is 1. The maximum absolute atomic E-state index is 14.2. The van der Waals surface area contributed by atoms with Gasteiger partial charge in [0.15, 0.2) is 11.6 Å². The van der Waals surface area contributed by atoms with Crippen molar-refractivity contribution >= 4 is 27.7 Å². The smallest absolute Gasteiger partial charge is 0.266 e. The lowest BCUT2D eigenvalue weighted by Crippen LogP contribution is -2.54. The summed E-state index contributed by atoms with van der Waals surface area (Å²) in [5.41, 5.74) is 7.46. The number of hydrogen-bond acceptors (Lipinski definition) is 6. The quantitative estimate of drug-likeness (QED) is 0.128. The minimum atomic E-state index is -1.36. The molecule has 7 nitrogen and oxygen atoms in total. The second-order valence-electron chi connectivity index (χ2n) is 10.2. The summed E-state index contributed by atoms with van der Waals surface area (Å²) in [5, 5.41) is 9.03. The highest BCUT2D eigenvalue weighted by molar-refractivity contribution is 9.10. The third kappa shape index (κ3) is 7.48. The van der Waals surface area contributed by atoms with Gasteiger partial charge in [0.2, 0.25) is 5.90 Å². The molecule has 1 heterocycles. The van der Waals surface area contributed by atoms with Crippen molar-refractivity contribution in [3.63, 3.8) is 0 Å². The molecule has 222 valence electrons. The van der Waals surface area contributed by atoms with Crippen LogP contribution >= 0.6 is 15.9 Å². The zero-order valence-corrected chi connectivity index (χ0v) is 25.1. The van der Waals surface area contributed by atoms with Crippen LogP contribution in [0, 0.1) is 5.82 Å². The van der Waals surface area contributed by atoms with E-state index in [9.17, 15) is 9.18 Å². The summed E-state index contributed by atoms with van der Waals surface area (Å²) in [6, 6.07) is 31.3. The zero-order chi connectivity index (χ0) is 30.1. The minimum absolute atomic E-state index is 0.0596. The van der Waals surface area contributed by atoms with Crippen molar-refractivity contribution in [2.75, 3.05) is 19.8 Å². The van der Waals surface area contributed by atoms with E-state index in [4.69, 9.17) is 19.6 Å². The van der Waals surface area contributed by atoms with Crippen LogP contribution < -0.4 is 15.6 Å². The predicted molar refractivity (Wildman–Crippen MR) is 167 cm³/mol. The van der Waals surface area contributed by atoms with Gasteiger partial charge < -0.3 is 14.6 Å². The largest absolute Gasteiger partial charge is 0.494 e. The van der Waals surface area contributed by atoms with Crippen LogP contribution in [-0.4, -0.2) is 42.2 Å². The summed E-state index contributed by atoms with van der Waals surface area (Å²) in [5.74, 6) is 0.356. The highest BCUT2D eigenvalue weighted by Gasteiger charge is 2.53. The fourth-order valence-corrected chi connectivity index (χ4v) is 5.24. The third-order valence-electron chi connectivity index (χ3n) is 7.20. The summed E-state index contributed by atoms with van der Waals surface area (Å²) in [6.07, 6.45) is 0.485. The molecule has 43 heavy (non-hydrogen) atoms. The van der Waals surface area contributed by atoms with E-state index in [2.05, 4.69) is 26.8 Å². The van der Waals surface area contributed by atoms with E-state index in [1.807, 2.05) is 78.9 Å². The van der Waals surface area contributed by atoms with Crippen molar-refractivity contribution in [3.8, 4) is 5.75 Å². The molecule has 0 unspecified atom stereocenters. The van der Waals surface area contributed by atoms with Gasteiger partial charge in [0.05, 0.1) is 6.61 Å². The number of carbonyl (C=O) groups is 1. The van der Waals surface area contributed by atoms with Gasteiger partial charge in [-0.05, 0) is 65.6 Å². The van der Waals surface area contributed by atoms with E-state index in [0.717, 1.165) is 15.6 Å². The van der Waals surface area contributed by atoms with Crippen molar-refractivity contribution in [1.29, 1.82) is 0 Å². The number of hydrogen-bond donors (Lipinski definition) is 3. The first-order valence-corrected chi connectivity index (χ1v) is 14.9. The number of amides is 1. The number of carbonyl (C=O) groups excluding carboxylic acids is 1. The molecule has 1 amide bonds. The number of nitrogens with zero attached hydrogens (tertiary/aromatic N) is 1. The highest BCUT2D eigenvalue weighted by atomic mass is 79.9. The van der Waals surface area contributed by atoms with Crippen molar-refractivity contribution in [2.45, 2.75) is 30.9 Å². The molecule has 0 aromatic heterocycles. The molecule has 1 aliphatic heterocycles. The lowest BCUT2D eigenvalue weighted by atomic mass is 9.82. The fraction of sp³-hybridized carbons (Fsp3) is 0.235. The topological polar surface area (TPSA) is 92.2 Å². The summed E-state index contributed by atoms with van der Waals surface area (Å²) >= 11 is 3.49. The van der Waals surface area contributed by atoms with Crippen LogP contribution in [0.2, 0.25) is 0 Å². The van der Waals surface area contributed by atoms with Gasteiger partial charge in [0, 0.05) is 36.0 Å². The number of aliphatic imine (C=N–C) groups is 1. The molecule has 0 spiro atoms. The Morgan fingerprint density at radius 1 is 0.977 bits per heavy atom. The molecule has 1 aliphatic rings. The van der Waals surface area contributed by atoms with Gasteiger partial charge in [-0.15, -0.1) is 0 Å². The Bertz CT molecular complexity index is 1530. The Labute approximate surface area is 258 Å². The first kappa shape index (κ1) is 30.4. The Kier molecular flexibility index (Phi) is 10.2. The molecule has 4 aromatic carbocycles. The molecule has 0 bridgehead atoms. The van der Waals surface area contributed by atoms with E-state index in [1.165, 1.54) is 6.07 Å². The second kappa shape index (κ2) is 14.4. The van der Waals surface area contributed by atoms with E-state index >= 15 is 0 Å². The average Bonchev–Trinajstić information content (AvgIpc) is 3.42. The lowest BCUT2D eigenvalue weighted by molar-refractivity contribution is -0.130. The summed E-state index contributed by atoms with van der Waals surface area (Å²) in [6.45, 7) is 0.792. The molecule has 2 atom stereocenters. The van der Waals surface area contributed by atoms with Gasteiger partial charge >= 0.3 is 0 Å². The predicted octanol–water partition coefficient (Wildman–Crippen LogP) is 5.71. The van der Waals surface area contributed by atoms with Crippen molar-refractivity contribution in [3.05, 3.63) is 136 Å². The van der Waals surface area contributed by atoms with Crippen LogP contribution in [0.3, 0.4) is 0 Å². The standard InChI is InChI=1S/C34H33BrFN3O4/c35-28-15-11-24(12-16-28)23-34(33(41)39-37-20-19-25-7-4-5-10-30(25)36)31(26-8-2-1-3-9-26)43-32(38-34)27-13-17-29(18-14-27)42-22-6-21-40/h1-5,7-18,31,37,40H,6,19-23H2,(H,39,41)/t31-,34-/m0/s1. The fourth-order valence-electron chi connectivity index (χ4n) is 4.97. The first-order chi connectivity index (χ1) is 21.0. The molecule has 0 radical (unpaired) electrons. The summed E-state index contributed by atoms with van der Waals surface area (Å²) in [7, 11) is 0. The molecule has 3 N–H and O–H groups in total. The Morgan fingerprint density at radius 2 is 1.70 bits per heavy atom. The molecule has 5 rings (SSSR count). The average molecular weight is 647 g/mol. The normalized spacial score (nSPS) is 17.7. The van der Waals surface area contributed by atoms with Gasteiger partial charge in [-0.3, -0.25) is 10.2 Å². The molecule has 0 aliphatic carbocycles. The number of hydrazine groups is 1. The van der Waals surface area contributed by atoms with Gasteiger partial charge in [0.1, 0.15) is 11.6 Å². The molecular formula is C34H33BrFN3O4. The third-order valence-corrected chi connectivity index (χ3v) is 7.73. The number of halogens is 2. The molecular weight excluding hydrogens is 613 g/mol. The van der Waals surface area contributed by atoms with Gasteiger partial charge in [-0.25, -0.2) is 14.8 Å². The molecule has 0 saturated carbocycles. The number of benzene rings is 4. The Hall–Kier alpha value is -4.05. The van der Waals surface area contributed by atoms with E-state index in [-0.39, 0.29) is 24.8 Å². The maximum Gasteiger partial charge on any atom is 0.266 e. The zero-order valence-electron chi connectivity index (χ0n) is 23.5. The van der Waals surface area contributed by atoms with Crippen molar-refractivity contribution in [2.24, 2.45) is 4.99 Å². The summed E-state index contributed by atoms with van der Waals surface area (Å²) in [4.78, 5) is 19.2. The molecule has 9 heteroatoms. The summed E-state index contributed by atoms with van der Waals surface area (Å²) < 4.78 is 27.3. The van der Waals surface area contributed by atoms with Gasteiger partial charge in [0.25, 0.3) is 5.91 Å². The number of nitrogens with one attached hydrogen (secondary N) is 2. The molecule has 0 fully saturated rings. The SMILES string of the molecule is O=C(NNCCc1ccccc1F)[C@@]1(Cc2ccc(Br)cc2)N=C(c2ccc(OCCCO)cc2)O[C@H]1c1ccccc1. The van der Waals surface area contributed by atoms with Crippen LogP contribution in [0.25, 0.3) is 0 Å². The first-order valence-electron chi connectivity index (χ1n) is 14.2. The van der Waals surface area contributed by atoms with Crippen molar-refractivity contribution in [1.82, 2.24) is 10.9 Å².